The van der Waals surface area contributed by atoms with Crippen molar-refractivity contribution < 1.29 is 0 Å². The summed E-state index contributed by atoms with van der Waals surface area (Å²) in [5.74, 6) is 0. The van der Waals surface area contributed by atoms with Crippen molar-refractivity contribution in [3.8, 4) is 0 Å². The van der Waals surface area contributed by atoms with Gasteiger partial charge in [0.2, 0.25) is 0 Å². The van der Waals surface area contributed by atoms with Crippen LogP contribution < -0.4 is 5.73 Å². The fourth-order valence-corrected chi connectivity index (χ4v) is 2.07. The van der Waals surface area contributed by atoms with Gasteiger partial charge in [0.15, 0.2) is 0 Å². The maximum Gasteiger partial charge on any atom is 0.0185 e. The third kappa shape index (κ3) is 2.01. The zero-order valence-electron chi connectivity index (χ0n) is 9.20. The third-order valence-electron chi connectivity index (χ3n) is 3.28. The molecule has 1 aliphatic carbocycles. The molecule has 0 bridgehead atoms. The average molecular weight is 169 g/mol. The lowest BCUT2D eigenvalue weighted by atomic mass is 9.73. The Hall–Kier alpha value is -0.0400. The predicted octanol–water partition coefficient (Wildman–Crippen LogP) is 2.94. The van der Waals surface area contributed by atoms with Gasteiger partial charge in [0.25, 0.3) is 0 Å². The Kier molecular flexibility index (Phi) is 2.07. The SMILES string of the molecule is CC(C)(C)CC(C)(N)C1(C)CC1. The summed E-state index contributed by atoms with van der Waals surface area (Å²) in [5, 5.41) is 0. The molecule has 0 heterocycles. The van der Waals surface area contributed by atoms with E-state index in [1.54, 1.807) is 0 Å². The predicted molar refractivity (Wildman–Crippen MR) is 54.0 cm³/mol. The summed E-state index contributed by atoms with van der Waals surface area (Å²) in [6, 6.07) is 0. The summed E-state index contributed by atoms with van der Waals surface area (Å²) in [6.45, 7) is 11.3. The summed E-state index contributed by atoms with van der Waals surface area (Å²) in [5.41, 5.74) is 7.16. The van der Waals surface area contributed by atoms with Gasteiger partial charge in [-0.05, 0) is 37.0 Å². The molecule has 0 aromatic rings. The molecular formula is C11H23N. The number of hydrogen-bond acceptors (Lipinski definition) is 1. The third-order valence-corrected chi connectivity index (χ3v) is 3.28. The van der Waals surface area contributed by atoms with Crippen molar-refractivity contribution in [1.29, 1.82) is 0 Å². The molecule has 1 aliphatic rings. The van der Waals surface area contributed by atoms with Crippen LogP contribution in [0.15, 0.2) is 0 Å². The highest BCUT2D eigenvalue weighted by Crippen LogP contribution is 2.55. The maximum atomic E-state index is 6.34. The molecule has 1 fully saturated rings. The first-order valence-electron chi connectivity index (χ1n) is 4.95. The highest BCUT2D eigenvalue weighted by Gasteiger charge is 2.51. The standard InChI is InChI=1S/C11H23N/c1-9(2,3)8-11(5,12)10(4)6-7-10/h6-8,12H2,1-5H3. The van der Waals surface area contributed by atoms with Crippen molar-refractivity contribution in [2.75, 3.05) is 0 Å². The molecule has 1 nitrogen and oxygen atoms in total. The molecule has 72 valence electrons. The summed E-state index contributed by atoms with van der Waals surface area (Å²) >= 11 is 0. The Morgan fingerprint density at radius 2 is 1.58 bits per heavy atom. The van der Waals surface area contributed by atoms with Crippen molar-refractivity contribution in [3.63, 3.8) is 0 Å². The first-order valence-corrected chi connectivity index (χ1v) is 4.95. The Morgan fingerprint density at radius 3 is 1.83 bits per heavy atom. The van der Waals surface area contributed by atoms with Gasteiger partial charge in [-0.2, -0.15) is 0 Å². The van der Waals surface area contributed by atoms with Gasteiger partial charge in [0, 0.05) is 5.54 Å². The van der Waals surface area contributed by atoms with Crippen molar-refractivity contribution in [2.24, 2.45) is 16.6 Å². The minimum atomic E-state index is 0.0330. The van der Waals surface area contributed by atoms with E-state index in [2.05, 4.69) is 34.6 Å². The number of rotatable bonds is 2. The van der Waals surface area contributed by atoms with Gasteiger partial charge in [-0.25, -0.2) is 0 Å². The largest absolute Gasteiger partial charge is 0.325 e. The van der Waals surface area contributed by atoms with Crippen molar-refractivity contribution in [3.05, 3.63) is 0 Å². The minimum Gasteiger partial charge on any atom is -0.325 e. The van der Waals surface area contributed by atoms with Crippen molar-refractivity contribution in [2.45, 2.75) is 59.4 Å². The van der Waals surface area contributed by atoms with E-state index in [0.29, 0.717) is 10.8 Å². The molecule has 1 unspecified atom stereocenters. The lowest BCUT2D eigenvalue weighted by molar-refractivity contribution is 0.192. The van der Waals surface area contributed by atoms with Gasteiger partial charge in [0.1, 0.15) is 0 Å². The van der Waals surface area contributed by atoms with Crippen molar-refractivity contribution >= 4 is 0 Å². The van der Waals surface area contributed by atoms with Crippen LogP contribution in [-0.4, -0.2) is 5.54 Å². The van der Waals surface area contributed by atoms with Crippen LogP contribution in [0, 0.1) is 10.8 Å². The monoisotopic (exact) mass is 169 g/mol. The first-order chi connectivity index (χ1) is 5.16. The van der Waals surface area contributed by atoms with E-state index in [9.17, 15) is 0 Å². The van der Waals surface area contributed by atoms with Crippen LogP contribution in [0.2, 0.25) is 0 Å². The second-order valence-corrected chi connectivity index (χ2v) is 6.22. The topological polar surface area (TPSA) is 26.0 Å². The average Bonchev–Trinajstić information content (AvgIpc) is 2.40. The van der Waals surface area contributed by atoms with Gasteiger partial charge in [0.05, 0.1) is 0 Å². The summed E-state index contributed by atoms with van der Waals surface area (Å²) < 4.78 is 0. The molecule has 0 radical (unpaired) electrons. The van der Waals surface area contributed by atoms with Gasteiger partial charge < -0.3 is 5.73 Å². The van der Waals surface area contributed by atoms with Crippen LogP contribution in [0.1, 0.15) is 53.9 Å². The van der Waals surface area contributed by atoms with Crippen LogP contribution in [0.3, 0.4) is 0 Å². The lowest BCUT2D eigenvalue weighted by Gasteiger charge is -2.37. The van der Waals surface area contributed by atoms with E-state index in [0.717, 1.165) is 6.42 Å². The normalized spacial score (nSPS) is 26.5. The molecule has 0 aliphatic heterocycles. The molecule has 0 aromatic heterocycles. The van der Waals surface area contributed by atoms with Gasteiger partial charge >= 0.3 is 0 Å². The van der Waals surface area contributed by atoms with Crippen LogP contribution in [0.4, 0.5) is 0 Å². The fraction of sp³-hybridized carbons (Fsp3) is 1.00. The summed E-state index contributed by atoms with van der Waals surface area (Å²) in [4.78, 5) is 0. The molecule has 1 atom stereocenters. The molecule has 0 aromatic carbocycles. The highest BCUT2D eigenvalue weighted by molar-refractivity contribution is 5.07. The fourth-order valence-electron chi connectivity index (χ4n) is 2.07. The molecule has 1 saturated carbocycles. The van der Waals surface area contributed by atoms with Gasteiger partial charge in [-0.15, -0.1) is 0 Å². The second-order valence-electron chi connectivity index (χ2n) is 6.22. The smallest absolute Gasteiger partial charge is 0.0185 e. The Balaban J connectivity index is 2.61. The molecule has 0 amide bonds. The first kappa shape index (κ1) is 10.0. The summed E-state index contributed by atoms with van der Waals surface area (Å²) in [7, 11) is 0. The molecular weight excluding hydrogens is 146 g/mol. The minimum absolute atomic E-state index is 0.0330. The van der Waals surface area contributed by atoms with Gasteiger partial charge in [-0.3, -0.25) is 0 Å². The number of hydrogen-bond donors (Lipinski definition) is 1. The van der Waals surface area contributed by atoms with Crippen LogP contribution >= 0.6 is 0 Å². The van der Waals surface area contributed by atoms with Crippen LogP contribution in [0.25, 0.3) is 0 Å². The Labute approximate surface area is 76.7 Å². The summed E-state index contributed by atoms with van der Waals surface area (Å²) in [6.07, 6.45) is 3.75. The Morgan fingerprint density at radius 1 is 1.17 bits per heavy atom. The van der Waals surface area contributed by atoms with Gasteiger partial charge in [-0.1, -0.05) is 27.7 Å². The highest BCUT2D eigenvalue weighted by atomic mass is 14.8. The molecule has 0 spiro atoms. The molecule has 2 N–H and O–H groups in total. The second kappa shape index (κ2) is 2.47. The van der Waals surface area contributed by atoms with Crippen LogP contribution in [-0.2, 0) is 0 Å². The lowest BCUT2D eigenvalue weighted by Crippen LogP contribution is -2.47. The van der Waals surface area contributed by atoms with Crippen LogP contribution in [0.5, 0.6) is 0 Å². The maximum absolute atomic E-state index is 6.34. The molecule has 0 saturated heterocycles. The van der Waals surface area contributed by atoms with E-state index in [1.807, 2.05) is 0 Å². The van der Waals surface area contributed by atoms with E-state index in [-0.39, 0.29) is 5.54 Å². The molecule has 1 rings (SSSR count). The van der Waals surface area contributed by atoms with E-state index in [4.69, 9.17) is 5.73 Å². The zero-order chi connectivity index (χ0) is 9.62. The molecule has 1 heteroatoms. The quantitative estimate of drug-likeness (QED) is 0.675. The number of nitrogens with two attached hydrogens (primary N) is 1. The van der Waals surface area contributed by atoms with Crippen molar-refractivity contribution in [1.82, 2.24) is 0 Å². The molecule has 12 heavy (non-hydrogen) atoms. The van der Waals surface area contributed by atoms with E-state index in [1.165, 1.54) is 12.8 Å². The zero-order valence-corrected chi connectivity index (χ0v) is 9.20. The van der Waals surface area contributed by atoms with E-state index < -0.39 is 0 Å². The Bertz CT molecular complexity index is 170. The van der Waals surface area contributed by atoms with E-state index >= 15 is 0 Å².